The number of unbranched alkanes of at least 4 members (excludes halogenated alkanes) is 31. The van der Waals surface area contributed by atoms with E-state index in [9.17, 15) is 61.0 Å². The number of allylic oxidation sites excluding steroid dienone is 4. The van der Waals surface area contributed by atoms with Crippen LogP contribution in [0.5, 0.6) is 0 Å². The summed E-state index contributed by atoms with van der Waals surface area (Å²) in [6.45, 7) is 1.79. The molecule has 19 heteroatoms. The van der Waals surface area contributed by atoms with Crippen molar-refractivity contribution in [3.63, 3.8) is 0 Å². The van der Waals surface area contributed by atoms with Gasteiger partial charge in [0.25, 0.3) is 0 Å². The number of carbonyl (C=O) groups is 1. The lowest BCUT2D eigenvalue weighted by Gasteiger charge is -2.48. The third-order valence-corrected chi connectivity index (χ3v) is 17.0. The highest BCUT2D eigenvalue weighted by Gasteiger charge is 2.53. The zero-order valence-electron chi connectivity index (χ0n) is 51.9. The van der Waals surface area contributed by atoms with Gasteiger partial charge in [0.15, 0.2) is 18.9 Å². The van der Waals surface area contributed by atoms with E-state index in [1.54, 1.807) is 0 Å². The molecule has 494 valence electrons. The standard InChI is InChI=1S/C65H121NO18/c1-3-5-7-9-11-13-15-17-19-21-22-23-24-25-27-28-30-32-34-36-38-40-42-49(70)48(66-53(71)43-41-39-37-35-33-31-29-26-20-18-16-14-12-10-8-6-4-2)47-79-63-59(77)56(74)61(51(45-68)81-63)84-65-60(78)57(75)62(52(46-69)82-65)83-64-58(76)55(73)54(72)50(44-67)80-64/h12,14,18,20,48-52,54-65,67-70,72-78H,3-11,13,15-17,19,21-47H2,1-2H3,(H,66,71)/b14-12-,20-18-. The van der Waals surface area contributed by atoms with Gasteiger partial charge in [-0.15, -0.1) is 0 Å². The highest BCUT2D eigenvalue weighted by molar-refractivity contribution is 5.76. The van der Waals surface area contributed by atoms with Crippen LogP contribution < -0.4 is 5.32 Å². The van der Waals surface area contributed by atoms with E-state index in [0.717, 1.165) is 77.0 Å². The van der Waals surface area contributed by atoms with Gasteiger partial charge in [-0.1, -0.05) is 224 Å². The van der Waals surface area contributed by atoms with Crippen LogP contribution in [0.4, 0.5) is 0 Å². The molecule has 3 aliphatic rings. The summed E-state index contributed by atoms with van der Waals surface area (Å²) in [5, 5.41) is 121. The van der Waals surface area contributed by atoms with Crippen LogP contribution in [0.15, 0.2) is 24.3 Å². The number of rotatable bonds is 51. The Morgan fingerprint density at radius 1 is 0.429 bits per heavy atom. The lowest BCUT2D eigenvalue weighted by molar-refractivity contribution is -0.379. The van der Waals surface area contributed by atoms with Crippen molar-refractivity contribution in [2.75, 3.05) is 26.4 Å². The van der Waals surface area contributed by atoms with E-state index < -0.39 is 124 Å². The number of nitrogens with one attached hydrogen (secondary N) is 1. The molecule has 17 unspecified atom stereocenters. The van der Waals surface area contributed by atoms with Gasteiger partial charge in [0.1, 0.15) is 73.2 Å². The number of hydrogen-bond acceptors (Lipinski definition) is 18. The molecular formula is C65H121NO18. The van der Waals surface area contributed by atoms with E-state index in [2.05, 4.69) is 43.5 Å². The summed E-state index contributed by atoms with van der Waals surface area (Å²) >= 11 is 0. The molecule has 17 atom stereocenters. The van der Waals surface area contributed by atoms with Crippen LogP contribution in [0.3, 0.4) is 0 Å². The Morgan fingerprint density at radius 2 is 0.786 bits per heavy atom. The van der Waals surface area contributed by atoms with Crippen molar-refractivity contribution in [2.24, 2.45) is 0 Å². The fourth-order valence-corrected chi connectivity index (χ4v) is 11.5. The smallest absolute Gasteiger partial charge is 0.220 e. The van der Waals surface area contributed by atoms with Crippen molar-refractivity contribution in [2.45, 2.75) is 356 Å². The van der Waals surface area contributed by atoms with E-state index in [1.807, 2.05) is 0 Å². The normalized spacial score (nSPS) is 29.3. The van der Waals surface area contributed by atoms with Gasteiger partial charge in [0, 0.05) is 6.42 Å². The van der Waals surface area contributed by atoms with Gasteiger partial charge in [-0.25, -0.2) is 0 Å². The van der Waals surface area contributed by atoms with Gasteiger partial charge in [-0.2, -0.15) is 0 Å². The van der Waals surface area contributed by atoms with Crippen LogP contribution in [0.25, 0.3) is 0 Å². The highest BCUT2D eigenvalue weighted by Crippen LogP contribution is 2.33. The minimum Gasteiger partial charge on any atom is -0.394 e. The van der Waals surface area contributed by atoms with Crippen LogP contribution in [0.1, 0.15) is 251 Å². The first-order valence-electron chi connectivity index (χ1n) is 33.6. The van der Waals surface area contributed by atoms with Gasteiger partial charge < -0.3 is 89.9 Å². The molecule has 0 aliphatic carbocycles. The van der Waals surface area contributed by atoms with Crippen molar-refractivity contribution in [3.8, 4) is 0 Å². The summed E-state index contributed by atoms with van der Waals surface area (Å²) in [7, 11) is 0. The molecular weight excluding hydrogens is 1080 g/mol. The van der Waals surface area contributed by atoms with Crippen molar-refractivity contribution in [1.29, 1.82) is 0 Å². The van der Waals surface area contributed by atoms with Crippen molar-refractivity contribution < 1.29 is 89.4 Å². The summed E-state index contributed by atoms with van der Waals surface area (Å²) in [6, 6.07) is -0.890. The van der Waals surface area contributed by atoms with Crippen LogP contribution in [0, 0.1) is 0 Å². The topological polar surface area (TPSA) is 307 Å². The fraction of sp³-hybridized carbons (Fsp3) is 0.923. The Hall–Kier alpha value is -1.73. The molecule has 0 saturated carbocycles. The van der Waals surface area contributed by atoms with Gasteiger partial charge >= 0.3 is 0 Å². The molecule has 3 fully saturated rings. The molecule has 0 radical (unpaired) electrons. The molecule has 3 saturated heterocycles. The maximum atomic E-state index is 13.4. The highest BCUT2D eigenvalue weighted by atomic mass is 16.8. The van der Waals surface area contributed by atoms with E-state index in [-0.39, 0.29) is 18.9 Å². The van der Waals surface area contributed by atoms with E-state index in [1.165, 1.54) is 141 Å². The van der Waals surface area contributed by atoms with Crippen molar-refractivity contribution >= 4 is 5.91 Å². The summed E-state index contributed by atoms with van der Waals surface area (Å²) in [4.78, 5) is 13.4. The average molecular weight is 1200 g/mol. The second kappa shape index (κ2) is 48.2. The zero-order valence-corrected chi connectivity index (χ0v) is 51.9. The Bertz CT molecular complexity index is 1630. The van der Waals surface area contributed by atoms with Crippen LogP contribution in [0.2, 0.25) is 0 Å². The van der Waals surface area contributed by atoms with Gasteiger partial charge in [-0.3, -0.25) is 4.79 Å². The first kappa shape index (κ1) is 76.5. The molecule has 3 aliphatic heterocycles. The second-order valence-electron chi connectivity index (χ2n) is 24.3. The number of hydrogen-bond donors (Lipinski definition) is 12. The Labute approximate surface area is 505 Å². The number of carbonyl (C=O) groups excluding carboxylic acids is 1. The molecule has 0 aromatic heterocycles. The predicted molar refractivity (Wildman–Crippen MR) is 323 cm³/mol. The molecule has 19 nitrogen and oxygen atoms in total. The third kappa shape index (κ3) is 30.7. The van der Waals surface area contributed by atoms with E-state index in [4.69, 9.17) is 28.4 Å². The van der Waals surface area contributed by atoms with Crippen LogP contribution >= 0.6 is 0 Å². The maximum Gasteiger partial charge on any atom is 0.220 e. The lowest BCUT2D eigenvalue weighted by Crippen LogP contribution is -2.66. The van der Waals surface area contributed by atoms with Crippen molar-refractivity contribution in [1.82, 2.24) is 5.32 Å². The minimum atomic E-state index is -1.97. The van der Waals surface area contributed by atoms with Crippen molar-refractivity contribution in [3.05, 3.63) is 24.3 Å². The molecule has 0 spiro atoms. The molecule has 12 N–H and O–H groups in total. The summed E-state index contributed by atoms with van der Waals surface area (Å²) in [6.07, 6.45) is 25.3. The number of amides is 1. The monoisotopic (exact) mass is 1200 g/mol. The molecule has 0 bridgehead atoms. The molecule has 1 amide bonds. The Morgan fingerprint density at radius 3 is 1.24 bits per heavy atom. The summed E-state index contributed by atoms with van der Waals surface area (Å²) in [5.41, 5.74) is 0. The first-order valence-corrected chi connectivity index (χ1v) is 33.6. The molecule has 84 heavy (non-hydrogen) atoms. The molecule has 3 rings (SSSR count). The second-order valence-corrected chi connectivity index (χ2v) is 24.3. The molecule has 0 aromatic carbocycles. The Balaban J connectivity index is 1.45. The van der Waals surface area contributed by atoms with Crippen LogP contribution in [-0.4, -0.2) is 193 Å². The zero-order chi connectivity index (χ0) is 61.2. The number of aliphatic hydroxyl groups is 11. The average Bonchev–Trinajstić information content (AvgIpc) is 2.82. The summed E-state index contributed by atoms with van der Waals surface area (Å²) in [5.74, 6) is -0.249. The maximum absolute atomic E-state index is 13.4. The van der Waals surface area contributed by atoms with Gasteiger partial charge in [-0.05, 0) is 44.9 Å². The summed E-state index contributed by atoms with van der Waals surface area (Å²) < 4.78 is 34.4. The van der Waals surface area contributed by atoms with Crippen LogP contribution in [-0.2, 0) is 33.2 Å². The van der Waals surface area contributed by atoms with E-state index in [0.29, 0.717) is 12.8 Å². The fourth-order valence-electron chi connectivity index (χ4n) is 11.5. The third-order valence-electron chi connectivity index (χ3n) is 17.0. The van der Waals surface area contributed by atoms with Gasteiger partial charge in [0.05, 0.1) is 38.6 Å². The molecule has 0 aromatic rings. The quantitative estimate of drug-likeness (QED) is 0.0204. The first-order chi connectivity index (χ1) is 40.8. The number of aliphatic hydroxyl groups excluding tert-OH is 11. The van der Waals surface area contributed by atoms with E-state index >= 15 is 0 Å². The lowest BCUT2D eigenvalue weighted by atomic mass is 9.96. The SMILES string of the molecule is CCCCC/C=C\C/C=C\CCCCCCCCCC(=O)NC(COC1OC(CO)C(OC2OC(CO)C(OC3OC(CO)C(O)C(O)C3O)C(O)C2O)C(O)C1O)C(O)CCCCCCCCCCCCCCCCCCCCCCCC. The predicted octanol–water partition coefficient (Wildman–Crippen LogP) is 7.88. The largest absolute Gasteiger partial charge is 0.394 e. The van der Waals surface area contributed by atoms with Gasteiger partial charge in [0.2, 0.25) is 5.91 Å². The number of ether oxygens (including phenoxy) is 6. The minimum absolute atomic E-state index is 0.249. The molecule has 3 heterocycles. The Kier molecular flexibility index (Phi) is 43.9.